The summed E-state index contributed by atoms with van der Waals surface area (Å²) in [6, 6.07) is 3.54. The SMILES string of the molecule is CCNc1ccnc(C(=O)NC(CC)c2nccs2)c1. The van der Waals surface area contributed by atoms with Crippen LogP contribution in [0.25, 0.3) is 0 Å². The van der Waals surface area contributed by atoms with Crippen LogP contribution >= 0.6 is 11.3 Å². The van der Waals surface area contributed by atoms with Crippen molar-refractivity contribution in [1.29, 1.82) is 0 Å². The van der Waals surface area contributed by atoms with Gasteiger partial charge >= 0.3 is 0 Å². The number of pyridine rings is 1. The summed E-state index contributed by atoms with van der Waals surface area (Å²) in [4.78, 5) is 20.6. The smallest absolute Gasteiger partial charge is 0.270 e. The molecule has 2 aromatic rings. The van der Waals surface area contributed by atoms with Crippen molar-refractivity contribution in [3.63, 3.8) is 0 Å². The molecule has 1 amide bonds. The van der Waals surface area contributed by atoms with Gasteiger partial charge in [0.15, 0.2) is 0 Å². The summed E-state index contributed by atoms with van der Waals surface area (Å²) in [7, 11) is 0. The zero-order valence-corrected chi connectivity index (χ0v) is 12.4. The Kier molecular flexibility index (Phi) is 5.06. The fourth-order valence-corrected chi connectivity index (χ4v) is 2.62. The van der Waals surface area contributed by atoms with Crippen molar-refractivity contribution < 1.29 is 4.79 Å². The van der Waals surface area contributed by atoms with Crippen molar-refractivity contribution in [3.05, 3.63) is 40.6 Å². The van der Waals surface area contributed by atoms with Crippen molar-refractivity contribution >= 4 is 22.9 Å². The third-order valence-corrected chi connectivity index (χ3v) is 3.73. The van der Waals surface area contributed by atoms with Crippen molar-refractivity contribution in [2.45, 2.75) is 26.3 Å². The second kappa shape index (κ2) is 7.00. The van der Waals surface area contributed by atoms with Crippen LogP contribution < -0.4 is 10.6 Å². The summed E-state index contributed by atoms with van der Waals surface area (Å²) >= 11 is 1.55. The van der Waals surface area contributed by atoms with Gasteiger partial charge < -0.3 is 10.6 Å². The number of amides is 1. The molecule has 2 heterocycles. The first kappa shape index (κ1) is 14.5. The Labute approximate surface area is 122 Å². The number of thiazole rings is 1. The third-order valence-electron chi connectivity index (χ3n) is 2.84. The molecular weight excluding hydrogens is 272 g/mol. The lowest BCUT2D eigenvalue weighted by Crippen LogP contribution is -2.28. The molecular formula is C14H18N4OS. The molecule has 0 spiro atoms. The summed E-state index contributed by atoms with van der Waals surface area (Å²) in [5, 5.41) is 8.97. The maximum atomic E-state index is 12.2. The van der Waals surface area contributed by atoms with E-state index in [1.807, 2.05) is 25.3 Å². The molecule has 0 radical (unpaired) electrons. The van der Waals surface area contributed by atoms with E-state index in [4.69, 9.17) is 0 Å². The summed E-state index contributed by atoms with van der Waals surface area (Å²) in [6.45, 7) is 4.84. The Bertz CT molecular complexity index is 556. The first-order valence-electron chi connectivity index (χ1n) is 6.64. The van der Waals surface area contributed by atoms with E-state index in [-0.39, 0.29) is 11.9 Å². The molecule has 2 aromatic heterocycles. The fourth-order valence-electron chi connectivity index (χ4n) is 1.85. The minimum atomic E-state index is -0.174. The van der Waals surface area contributed by atoms with Crippen LogP contribution in [0.5, 0.6) is 0 Å². The first-order valence-corrected chi connectivity index (χ1v) is 7.52. The molecule has 0 bridgehead atoms. The number of anilines is 1. The Morgan fingerprint density at radius 3 is 2.85 bits per heavy atom. The number of nitrogens with one attached hydrogen (secondary N) is 2. The van der Waals surface area contributed by atoms with E-state index in [1.165, 1.54) is 0 Å². The number of rotatable bonds is 6. The van der Waals surface area contributed by atoms with E-state index in [2.05, 4.69) is 20.6 Å². The molecule has 106 valence electrons. The van der Waals surface area contributed by atoms with Crippen molar-refractivity contribution in [3.8, 4) is 0 Å². The fraction of sp³-hybridized carbons (Fsp3) is 0.357. The molecule has 6 heteroatoms. The quantitative estimate of drug-likeness (QED) is 0.858. The maximum absolute atomic E-state index is 12.2. The van der Waals surface area contributed by atoms with Crippen LogP contribution in [-0.4, -0.2) is 22.4 Å². The van der Waals surface area contributed by atoms with Gasteiger partial charge in [-0.15, -0.1) is 11.3 Å². The maximum Gasteiger partial charge on any atom is 0.270 e. The molecule has 1 unspecified atom stereocenters. The second-order valence-corrected chi connectivity index (χ2v) is 5.19. The predicted octanol–water partition coefficient (Wildman–Crippen LogP) is 2.85. The second-order valence-electron chi connectivity index (χ2n) is 4.26. The lowest BCUT2D eigenvalue weighted by molar-refractivity contribution is 0.0930. The predicted molar refractivity (Wildman–Crippen MR) is 81.0 cm³/mol. The largest absolute Gasteiger partial charge is 0.385 e. The van der Waals surface area contributed by atoms with Crippen molar-refractivity contribution in [2.75, 3.05) is 11.9 Å². The Morgan fingerprint density at radius 2 is 2.20 bits per heavy atom. The summed E-state index contributed by atoms with van der Waals surface area (Å²) in [5.74, 6) is -0.174. The highest BCUT2D eigenvalue weighted by Gasteiger charge is 2.17. The van der Waals surface area contributed by atoms with Crippen LogP contribution in [-0.2, 0) is 0 Å². The molecule has 0 aliphatic heterocycles. The van der Waals surface area contributed by atoms with Gasteiger partial charge in [-0.25, -0.2) is 4.98 Å². The number of aromatic nitrogens is 2. The number of hydrogen-bond acceptors (Lipinski definition) is 5. The molecule has 0 aliphatic carbocycles. The summed E-state index contributed by atoms with van der Waals surface area (Å²) < 4.78 is 0. The van der Waals surface area contributed by atoms with Crippen LogP contribution in [0.3, 0.4) is 0 Å². The van der Waals surface area contributed by atoms with E-state index >= 15 is 0 Å². The standard InChI is InChI=1S/C14H18N4OS/c1-3-11(14-17-7-8-20-14)18-13(19)12-9-10(15-4-2)5-6-16-12/h5-9,11H,3-4H2,1-2H3,(H,15,16)(H,18,19). The van der Waals surface area contributed by atoms with Gasteiger partial charge in [-0.2, -0.15) is 0 Å². The van der Waals surface area contributed by atoms with Gasteiger partial charge in [0.05, 0.1) is 6.04 Å². The average Bonchev–Trinajstić information content (AvgIpc) is 2.99. The zero-order chi connectivity index (χ0) is 14.4. The lowest BCUT2D eigenvalue weighted by Gasteiger charge is -2.14. The van der Waals surface area contributed by atoms with E-state index < -0.39 is 0 Å². The number of hydrogen-bond donors (Lipinski definition) is 2. The molecule has 0 fully saturated rings. The van der Waals surface area contributed by atoms with Crippen LogP contribution in [0.2, 0.25) is 0 Å². The topological polar surface area (TPSA) is 66.9 Å². The van der Waals surface area contributed by atoms with Gasteiger partial charge in [-0.1, -0.05) is 6.92 Å². The van der Waals surface area contributed by atoms with Gasteiger partial charge in [-0.3, -0.25) is 9.78 Å². The van der Waals surface area contributed by atoms with Crippen molar-refractivity contribution in [2.24, 2.45) is 0 Å². The van der Waals surface area contributed by atoms with Crippen LogP contribution in [0.4, 0.5) is 5.69 Å². The number of carbonyl (C=O) groups excluding carboxylic acids is 1. The van der Waals surface area contributed by atoms with Crippen LogP contribution in [0, 0.1) is 0 Å². The van der Waals surface area contributed by atoms with Crippen LogP contribution in [0.15, 0.2) is 29.9 Å². The van der Waals surface area contributed by atoms with E-state index in [1.54, 1.807) is 29.8 Å². The molecule has 20 heavy (non-hydrogen) atoms. The van der Waals surface area contributed by atoms with E-state index in [0.29, 0.717) is 5.69 Å². The molecule has 0 saturated heterocycles. The van der Waals surface area contributed by atoms with Gasteiger partial charge in [0.1, 0.15) is 10.7 Å². The number of nitrogens with zero attached hydrogens (tertiary/aromatic N) is 2. The summed E-state index contributed by atoms with van der Waals surface area (Å²) in [5.41, 5.74) is 1.31. The Hall–Kier alpha value is -1.95. The highest BCUT2D eigenvalue weighted by Crippen LogP contribution is 2.19. The highest BCUT2D eigenvalue weighted by atomic mass is 32.1. The molecule has 5 nitrogen and oxygen atoms in total. The molecule has 2 rings (SSSR count). The van der Waals surface area contributed by atoms with Crippen molar-refractivity contribution in [1.82, 2.24) is 15.3 Å². The minimum Gasteiger partial charge on any atom is -0.385 e. The van der Waals surface area contributed by atoms with E-state index in [0.717, 1.165) is 23.7 Å². The molecule has 1 atom stereocenters. The van der Waals surface area contributed by atoms with Gasteiger partial charge in [0, 0.05) is 30.0 Å². The molecule has 0 aliphatic rings. The van der Waals surface area contributed by atoms with Gasteiger partial charge in [0.2, 0.25) is 0 Å². The normalized spacial score (nSPS) is 11.9. The summed E-state index contributed by atoms with van der Waals surface area (Å²) in [6.07, 6.45) is 4.18. The minimum absolute atomic E-state index is 0.0629. The highest BCUT2D eigenvalue weighted by molar-refractivity contribution is 7.09. The molecule has 2 N–H and O–H groups in total. The first-order chi connectivity index (χ1) is 9.74. The van der Waals surface area contributed by atoms with E-state index in [9.17, 15) is 4.79 Å². The zero-order valence-electron chi connectivity index (χ0n) is 11.6. The molecule has 0 aromatic carbocycles. The lowest BCUT2D eigenvalue weighted by atomic mass is 10.2. The van der Waals surface area contributed by atoms with Gasteiger partial charge in [-0.05, 0) is 25.5 Å². The Balaban J connectivity index is 2.09. The van der Waals surface area contributed by atoms with Gasteiger partial charge in [0.25, 0.3) is 5.91 Å². The van der Waals surface area contributed by atoms with Crippen LogP contribution in [0.1, 0.15) is 41.8 Å². The Morgan fingerprint density at radius 1 is 1.35 bits per heavy atom. The monoisotopic (exact) mass is 290 g/mol. The third kappa shape index (κ3) is 3.54. The average molecular weight is 290 g/mol. The number of carbonyl (C=O) groups is 1. The molecule has 0 saturated carbocycles.